The van der Waals surface area contributed by atoms with E-state index in [9.17, 15) is 13.6 Å². The van der Waals surface area contributed by atoms with Crippen molar-refractivity contribution in [3.63, 3.8) is 0 Å². The van der Waals surface area contributed by atoms with Crippen LogP contribution in [0.15, 0.2) is 30.6 Å². The van der Waals surface area contributed by atoms with Crippen LogP contribution in [0.1, 0.15) is 11.4 Å². The molecule has 5 nitrogen and oxygen atoms in total. The fraction of sp³-hybridized carbons (Fsp3) is 0.412. The molecular weight excluding hydrogens is 314 g/mol. The van der Waals surface area contributed by atoms with Gasteiger partial charge in [-0.1, -0.05) is 0 Å². The maximum Gasteiger partial charge on any atom is 0.251 e. The average molecular weight is 334 g/mol. The Balaban J connectivity index is 1.57. The number of amides is 1. The third-order valence-corrected chi connectivity index (χ3v) is 4.39. The van der Waals surface area contributed by atoms with Crippen LogP contribution in [0.25, 0.3) is 5.69 Å². The van der Waals surface area contributed by atoms with Crippen LogP contribution in [-0.2, 0) is 4.79 Å². The summed E-state index contributed by atoms with van der Waals surface area (Å²) in [7, 11) is 0. The van der Waals surface area contributed by atoms with Crippen LogP contribution in [0.5, 0.6) is 0 Å². The predicted octanol–water partition coefficient (Wildman–Crippen LogP) is 2.62. The van der Waals surface area contributed by atoms with E-state index >= 15 is 0 Å². The Bertz CT molecular complexity index is 721. The highest BCUT2D eigenvalue weighted by Gasteiger charge is 2.33. The fourth-order valence-electron chi connectivity index (χ4n) is 2.79. The number of likely N-dealkylation sites (tertiary alicyclic amines) is 1. The van der Waals surface area contributed by atoms with Crippen LogP contribution < -0.4 is 5.32 Å². The van der Waals surface area contributed by atoms with Gasteiger partial charge in [-0.15, -0.1) is 0 Å². The second-order valence-electron chi connectivity index (χ2n) is 6.13. The Morgan fingerprint density at radius 2 is 1.96 bits per heavy atom. The van der Waals surface area contributed by atoms with E-state index in [1.807, 2.05) is 42.7 Å². The number of aryl methyl sites for hydroxylation is 1. The van der Waals surface area contributed by atoms with Gasteiger partial charge in [-0.05, 0) is 38.1 Å². The number of imidazole rings is 1. The van der Waals surface area contributed by atoms with Gasteiger partial charge in [0, 0.05) is 30.2 Å². The summed E-state index contributed by atoms with van der Waals surface area (Å²) in [5, 5.41) is 2.84. The number of anilines is 1. The molecule has 2 aromatic rings. The molecule has 0 atom stereocenters. The van der Waals surface area contributed by atoms with Crippen LogP contribution in [0, 0.1) is 19.8 Å². The molecule has 7 heteroatoms. The van der Waals surface area contributed by atoms with Crippen LogP contribution >= 0.6 is 0 Å². The van der Waals surface area contributed by atoms with Crippen molar-refractivity contribution in [2.45, 2.75) is 20.3 Å². The first-order chi connectivity index (χ1) is 11.4. The maximum absolute atomic E-state index is 12.2. The fourth-order valence-corrected chi connectivity index (χ4v) is 2.79. The minimum atomic E-state index is -2.35. The van der Waals surface area contributed by atoms with Crippen LogP contribution in [-0.4, -0.2) is 46.4 Å². The molecule has 1 aliphatic heterocycles. The molecule has 0 spiro atoms. The topological polar surface area (TPSA) is 50.2 Å². The highest BCUT2D eigenvalue weighted by Crippen LogP contribution is 2.20. The Morgan fingerprint density at radius 1 is 1.29 bits per heavy atom. The van der Waals surface area contributed by atoms with Gasteiger partial charge in [0.1, 0.15) is 0 Å². The second-order valence-corrected chi connectivity index (χ2v) is 6.13. The van der Waals surface area contributed by atoms with Crippen molar-refractivity contribution in [2.75, 3.05) is 25.0 Å². The van der Waals surface area contributed by atoms with Crippen molar-refractivity contribution in [1.82, 2.24) is 14.5 Å². The quantitative estimate of drug-likeness (QED) is 0.914. The number of aromatic nitrogens is 2. The summed E-state index contributed by atoms with van der Waals surface area (Å²) in [5.74, 6) is -0.343. The molecule has 1 amide bonds. The standard InChI is InChI=1S/C17H20F2N4O/c1-11-12(2)23(10-20-11)15-5-3-14(4-6-15)21-17(24)13-7-22(8-13)9-16(18)19/h3-6,10,13,16H,7-9H2,1-2H3,(H,21,24). The molecular formula is C17H20F2N4O. The SMILES string of the molecule is Cc1ncn(-c2ccc(NC(=O)C3CN(CC(F)F)C3)cc2)c1C. The van der Waals surface area contributed by atoms with Crippen molar-refractivity contribution in [2.24, 2.45) is 5.92 Å². The smallest absolute Gasteiger partial charge is 0.251 e. The number of carbonyl (C=O) groups excluding carboxylic acids is 1. The zero-order valence-electron chi connectivity index (χ0n) is 13.7. The van der Waals surface area contributed by atoms with Gasteiger partial charge in [-0.3, -0.25) is 9.69 Å². The molecule has 0 unspecified atom stereocenters. The normalized spacial score (nSPS) is 15.5. The van der Waals surface area contributed by atoms with Crippen molar-refractivity contribution in [1.29, 1.82) is 0 Å². The number of nitrogens with zero attached hydrogens (tertiary/aromatic N) is 3. The lowest BCUT2D eigenvalue weighted by Crippen LogP contribution is -2.53. The van der Waals surface area contributed by atoms with Gasteiger partial charge in [0.05, 0.1) is 24.5 Å². The van der Waals surface area contributed by atoms with Crippen LogP contribution in [0.3, 0.4) is 0 Å². The molecule has 0 aliphatic carbocycles. The molecule has 0 bridgehead atoms. The molecule has 1 aromatic carbocycles. The number of carbonyl (C=O) groups is 1. The summed E-state index contributed by atoms with van der Waals surface area (Å²) < 4.78 is 26.5. The summed E-state index contributed by atoms with van der Waals surface area (Å²) in [4.78, 5) is 18.0. The molecule has 0 saturated carbocycles. The first-order valence-corrected chi connectivity index (χ1v) is 7.86. The lowest BCUT2D eigenvalue weighted by atomic mass is 9.99. The Labute approximate surface area is 139 Å². The van der Waals surface area contributed by atoms with E-state index in [0.29, 0.717) is 18.8 Å². The van der Waals surface area contributed by atoms with E-state index in [2.05, 4.69) is 10.3 Å². The lowest BCUT2D eigenvalue weighted by molar-refractivity contribution is -0.125. The monoisotopic (exact) mass is 334 g/mol. The Morgan fingerprint density at radius 3 is 2.50 bits per heavy atom. The summed E-state index contributed by atoms with van der Waals surface area (Å²) >= 11 is 0. The van der Waals surface area contributed by atoms with Crippen LogP contribution in [0.2, 0.25) is 0 Å². The first-order valence-electron chi connectivity index (χ1n) is 7.86. The van der Waals surface area contributed by atoms with Gasteiger partial charge in [-0.25, -0.2) is 13.8 Å². The van der Waals surface area contributed by atoms with Crippen molar-refractivity contribution in [3.8, 4) is 5.69 Å². The summed E-state index contributed by atoms with van der Waals surface area (Å²) in [6.07, 6.45) is -0.582. The maximum atomic E-state index is 12.2. The third-order valence-electron chi connectivity index (χ3n) is 4.39. The molecule has 24 heavy (non-hydrogen) atoms. The summed E-state index contributed by atoms with van der Waals surface area (Å²) in [6.45, 7) is 4.47. The van der Waals surface area contributed by atoms with Gasteiger partial charge >= 0.3 is 0 Å². The number of halogens is 2. The van der Waals surface area contributed by atoms with Gasteiger partial charge < -0.3 is 9.88 Å². The summed E-state index contributed by atoms with van der Waals surface area (Å²) in [6, 6.07) is 7.48. The molecule has 1 N–H and O–H groups in total. The van der Waals surface area contributed by atoms with Crippen molar-refractivity contribution in [3.05, 3.63) is 42.0 Å². The highest BCUT2D eigenvalue weighted by molar-refractivity contribution is 5.93. The molecule has 3 rings (SSSR count). The molecule has 2 heterocycles. The largest absolute Gasteiger partial charge is 0.326 e. The number of benzene rings is 1. The first kappa shape index (κ1) is 16.6. The van der Waals surface area contributed by atoms with E-state index in [4.69, 9.17) is 0 Å². The second kappa shape index (κ2) is 6.68. The van der Waals surface area contributed by atoms with Gasteiger partial charge in [0.25, 0.3) is 6.43 Å². The Kier molecular flexibility index (Phi) is 4.62. The number of rotatable bonds is 5. The average Bonchev–Trinajstić information content (AvgIpc) is 2.83. The molecule has 1 saturated heterocycles. The number of nitrogens with one attached hydrogen (secondary N) is 1. The van der Waals surface area contributed by atoms with E-state index in [1.54, 1.807) is 11.2 Å². The molecule has 1 aromatic heterocycles. The van der Waals surface area contributed by atoms with E-state index in [0.717, 1.165) is 17.1 Å². The van der Waals surface area contributed by atoms with Gasteiger partial charge in [0.2, 0.25) is 5.91 Å². The summed E-state index contributed by atoms with van der Waals surface area (Å²) in [5.41, 5.74) is 3.72. The van der Waals surface area contributed by atoms with Gasteiger partial charge in [0.15, 0.2) is 0 Å². The van der Waals surface area contributed by atoms with E-state index in [1.165, 1.54) is 0 Å². The minimum absolute atomic E-state index is 0.122. The molecule has 128 valence electrons. The number of hydrogen-bond acceptors (Lipinski definition) is 3. The third kappa shape index (κ3) is 3.46. The number of alkyl halides is 2. The minimum Gasteiger partial charge on any atom is -0.326 e. The van der Waals surface area contributed by atoms with Crippen LogP contribution in [0.4, 0.5) is 14.5 Å². The zero-order valence-corrected chi connectivity index (χ0v) is 13.7. The highest BCUT2D eigenvalue weighted by atomic mass is 19.3. The number of hydrogen-bond donors (Lipinski definition) is 1. The van der Waals surface area contributed by atoms with Crippen molar-refractivity contribution < 1.29 is 13.6 Å². The molecule has 1 aliphatic rings. The van der Waals surface area contributed by atoms with Gasteiger partial charge in [-0.2, -0.15) is 0 Å². The van der Waals surface area contributed by atoms with Crippen molar-refractivity contribution >= 4 is 11.6 Å². The molecule has 1 fully saturated rings. The van der Waals surface area contributed by atoms with E-state index in [-0.39, 0.29) is 18.4 Å². The van der Waals surface area contributed by atoms with E-state index < -0.39 is 6.43 Å². The lowest BCUT2D eigenvalue weighted by Gasteiger charge is -2.37. The predicted molar refractivity (Wildman–Crippen MR) is 87.6 cm³/mol. The zero-order chi connectivity index (χ0) is 17.3. The molecule has 0 radical (unpaired) electrons. The Hall–Kier alpha value is -2.28.